The van der Waals surface area contributed by atoms with E-state index >= 15 is 0 Å². The molecule has 0 aliphatic rings. The number of carbonyl (C=O) groups is 1. The van der Waals surface area contributed by atoms with E-state index < -0.39 is 0 Å². The fourth-order valence-corrected chi connectivity index (χ4v) is 2.92. The third kappa shape index (κ3) is 2.22. The van der Waals surface area contributed by atoms with E-state index in [0.29, 0.717) is 15.6 Å². The van der Waals surface area contributed by atoms with Gasteiger partial charge in [0.05, 0.1) is 10.7 Å². The van der Waals surface area contributed by atoms with Gasteiger partial charge in [0.1, 0.15) is 4.88 Å². The number of nitrogens with one attached hydrogen (secondary N) is 1. The monoisotopic (exact) mass is 269 g/mol. The van der Waals surface area contributed by atoms with Crippen molar-refractivity contribution >= 4 is 44.6 Å². The second kappa shape index (κ2) is 4.52. The Labute approximate surface area is 108 Å². The summed E-state index contributed by atoms with van der Waals surface area (Å²) in [6, 6.07) is 5.50. The van der Waals surface area contributed by atoms with E-state index in [9.17, 15) is 4.79 Å². The number of nitrogens with zero attached hydrogens (tertiary/aromatic N) is 1. The maximum Gasteiger partial charge on any atom is 0.277 e. The zero-order valence-electron chi connectivity index (χ0n) is 9.45. The molecule has 2 rings (SSSR count). The molecule has 0 aliphatic heterocycles. The predicted molar refractivity (Wildman–Crippen MR) is 72.4 cm³/mol. The van der Waals surface area contributed by atoms with Crippen LogP contribution in [0.1, 0.15) is 9.67 Å². The van der Waals surface area contributed by atoms with Crippen molar-refractivity contribution in [2.45, 2.75) is 0 Å². The average Bonchev–Trinajstić information content (AvgIpc) is 2.56. The molecule has 0 radical (unpaired) electrons. The van der Waals surface area contributed by atoms with Crippen LogP contribution in [0.25, 0.3) is 10.1 Å². The molecule has 0 spiro atoms. The van der Waals surface area contributed by atoms with Crippen LogP contribution in [-0.4, -0.2) is 25.0 Å². The zero-order chi connectivity index (χ0) is 12.6. The van der Waals surface area contributed by atoms with Crippen LogP contribution in [0.15, 0.2) is 18.2 Å². The number of halogens is 1. The fraction of sp³-hybridized carbons (Fsp3) is 0.182. The summed E-state index contributed by atoms with van der Waals surface area (Å²) < 4.78 is 0.916. The van der Waals surface area contributed by atoms with E-state index in [1.54, 1.807) is 25.2 Å². The summed E-state index contributed by atoms with van der Waals surface area (Å²) in [5.41, 5.74) is 9.06. The van der Waals surface area contributed by atoms with Gasteiger partial charge in [0.15, 0.2) is 0 Å². The summed E-state index contributed by atoms with van der Waals surface area (Å²) in [6.45, 7) is 0. The van der Waals surface area contributed by atoms with Gasteiger partial charge in [-0.15, -0.1) is 11.3 Å². The van der Waals surface area contributed by atoms with Gasteiger partial charge in [-0.25, -0.2) is 5.01 Å². The van der Waals surface area contributed by atoms with E-state index in [4.69, 9.17) is 17.3 Å². The van der Waals surface area contributed by atoms with Gasteiger partial charge in [0.25, 0.3) is 5.91 Å². The first-order valence-electron chi connectivity index (χ1n) is 4.95. The summed E-state index contributed by atoms with van der Waals surface area (Å²) >= 11 is 7.41. The number of fused-ring (bicyclic) bond motifs is 1. The highest BCUT2D eigenvalue weighted by Gasteiger charge is 2.18. The summed E-state index contributed by atoms with van der Waals surface area (Å²) in [7, 11) is 3.49. The van der Waals surface area contributed by atoms with E-state index in [1.807, 2.05) is 12.1 Å². The van der Waals surface area contributed by atoms with Crippen molar-refractivity contribution < 1.29 is 4.79 Å². The molecule has 0 saturated heterocycles. The number of carbonyl (C=O) groups excluding carboxylic acids is 1. The van der Waals surface area contributed by atoms with Crippen LogP contribution in [0.3, 0.4) is 0 Å². The predicted octanol–water partition coefficient (Wildman–Crippen LogP) is 2.34. The Morgan fingerprint density at radius 1 is 1.47 bits per heavy atom. The van der Waals surface area contributed by atoms with Crippen LogP contribution in [0, 0.1) is 0 Å². The van der Waals surface area contributed by atoms with Crippen molar-refractivity contribution in [3.05, 3.63) is 28.1 Å². The third-order valence-electron chi connectivity index (χ3n) is 2.23. The minimum Gasteiger partial charge on any atom is -0.397 e. The Morgan fingerprint density at radius 2 is 2.18 bits per heavy atom. The van der Waals surface area contributed by atoms with Crippen LogP contribution in [0.2, 0.25) is 5.02 Å². The van der Waals surface area contributed by atoms with Crippen LogP contribution in [-0.2, 0) is 0 Å². The van der Waals surface area contributed by atoms with Gasteiger partial charge in [-0.2, -0.15) is 0 Å². The first-order valence-corrected chi connectivity index (χ1v) is 6.15. The minimum absolute atomic E-state index is 0.218. The first-order chi connectivity index (χ1) is 8.00. The third-order valence-corrected chi connectivity index (χ3v) is 3.72. The molecule has 0 fully saturated rings. The summed E-state index contributed by atoms with van der Waals surface area (Å²) in [5, 5.41) is 2.90. The second-order valence-electron chi connectivity index (χ2n) is 3.79. The molecule has 1 aromatic heterocycles. The van der Waals surface area contributed by atoms with Crippen molar-refractivity contribution in [2.24, 2.45) is 0 Å². The number of nitrogen functional groups attached to an aromatic ring is 1. The number of hydrazine groups is 1. The van der Waals surface area contributed by atoms with E-state index in [0.717, 1.165) is 10.1 Å². The Bertz CT molecular complexity index is 579. The molecule has 17 heavy (non-hydrogen) atoms. The molecule has 1 heterocycles. The first kappa shape index (κ1) is 12.2. The molecular weight excluding hydrogens is 258 g/mol. The van der Waals surface area contributed by atoms with Gasteiger partial charge in [-0.3, -0.25) is 10.2 Å². The lowest BCUT2D eigenvalue weighted by Crippen LogP contribution is -2.35. The molecule has 1 aromatic carbocycles. The molecule has 2 aromatic rings. The molecule has 3 N–H and O–H groups in total. The van der Waals surface area contributed by atoms with Crippen molar-refractivity contribution in [1.29, 1.82) is 0 Å². The quantitative estimate of drug-likeness (QED) is 0.823. The Morgan fingerprint density at radius 3 is 2.76 bits per heavy atom. The van der Waals surface area contributed by atoms with Gasteiger partial charge >= 0.3 is 0 Å². The van der Waals surface area contributed by atoms with Crippen LogP contribution in [0.4, 0.5) is 5.69 Å². The molecule has 0 aliphatic carbocycles. The average molecular weight is 270 g/mol. The number of rotatable bonds is 2. The topological polar surface area (TPSA) is 58.4 Å². The molecular formula is C11H12ClN3OS. The SMILES string of the molecule is CN(C)NC(=O)c1sc2cccc(Cl)c2c1N. The largest absolute Gasteiger partial charge is 0.397 e. The molecule has 0 atom stereocenters. The lowest BCUT2D eigenvalue weighted by molar-refractivity contribution is 0.0862. The molecule has 1 amide bonds. The maximum atomic E-state index is 11.9. The van der Waals surface area contributed by atoms with E-state index in [2.05, 4.69) is 5.43 Å². The number of thiophene rings is 1. The molecule has 0 bridgehead atoms. The van der Waals surface area contributed by atoms with Gasteiger partial charge in [0.2, 0.25) is 0 Å². The Balaban J connectivity index is 2.53. The number of benzene rings is 1. The van der Waals surface area contributed by atoms with Gasteiger partial charge in [-0.05, 0) is 12.1 Å². The lowest BCUT2D eigenvalue weighted by Gasteiger charge is -2.10. The van der Waals surface area contributed by atoms with Crippen molar-refractivity contribution in [3.8, 4) is 0 Å². The fourth-order valence-electron chi connectivity index (χ4n) is 1.55. The van der Waals surface area contributed by atoms with Crippen molar-refractivity contribution in [2.75, 3.05) is 19.8 Å². The minimum atomic E-state index is -0.218. The molecule has 6 heteroatoms. The number of anilines is 1. The number of hydrogen-bond acceptors (Lipinski definition) is 4. The maximum absolute atomic E-state index is 11.9. The normalized spacial score (nSPS) is 11.1. The molecule has 4 nitrogen and oxygen atoms in total. The van der Waals surface area contributed by atoms with Crippen LogP contribution < -0.4 is 11.2 Å². The van der Waals surface area contributed by atoms with Gasteiger partial charge < -0.3 is 5.73 Å². The molecule has 0 saturated carbocycles. The Hall–Kier alpha value is -1.30. The van der Waals surface area contributed by atoms with Crippen molar-refractivity contribution in [3.63, 3.8) is 0 Å². The van der Waals surface area contributed by atoms with Gasteiger partial charge in [-0.1, -0.05) is 17.7 Å². The number of hydrogen-bond donors (Lipinski definition) is 2. The highest BCUT2D eigenvalue weighted by molar-refractivity contribution is 7.21. The lowest BCUT2D eigenvalue weighted by atomic mass is 10.2. The van der Waals surface area contributed by atoms with Gasteiger partial charge in [0, 0.05) is 24.2 Å². The standard InChI is InChI=1S/C11H12ClN3OS/c1-15(2)14-11(16)10-9(13)8-6(12)4-3-5-7(8)17-10/h3-5H,13H2,1-2H3,(H,14,16). The summed E-state index contributed by atoms with van der Waals surface area (Å²) in [4.78, 5) is 12.4. The van der Waals surface area contributed by atoms with Crippen LogP contribution >= 0.6 is 22.9 Å². The molecule has 90 valence electrons. The zero-order valence-corrected chi connectivity index (χ0v) is 11.0. The molecule has 0 unspecified atom stereocenters. The number of amides is 1. The van der Waals surface area contributed by atoms with E-state index in [-0.39, 0.29) is 5.91 Å². The van der Waals surface area contributed by atoms with E-state index in [1.165, 1.54) is 11.3 Å². The Kier molecular flexibility index (Phi) is 3.24. The summed E-state index contributed by atoms with van der Waals surface area (Å²) in [6.07, 6.45) is 0. The highest BCUT2D eigenvalue weighted by atomic mass is 35.5. The summed E-state index contributed by atoms with van der Waals surface area (Å²) in [5.74, 6) is -0.218. The van der Waals surface area contributed by atoms with Crippen molar-refractivity contribution in [1.82, 2.24) is 10.4 Å². The highest BCUT2D eigenvalue weighted by Crippen LogP contribution is 2.37. The number of nitrogens with two attached hydrogens (primary N) is 1. The second-order valence-corrected chi connectivity index (χ2v) is 5.25. The smallest absolute Gasteiger partial charge is 0.277 e. The van der Waals surface area contributed by atoms with Crippen LogP contribution in [0.5, 0.6) is 0 Å².